The molecule has 0 spiro atoms. The van der Waals surface area contributed by atoms with Crippen LogP contribution in [0.25, 0.3) is 0 Å². The molecule has 4 heteroatoms. The third kappa shape index (κ3) is 4.05. The van der Waals surface area contributed by atoms with Crippen molar-refractivity contribution in [2.45, 2.75) is 6.23 Å². The maximum absolute atomic E-state index is 10.5. The van der Waals surface area contributed by atoms with E-state index < -0.39 is 6.23 Å². The Labute approximate surface area is 59.9 Å². The number of likely N-dealkylation sites (N-methyl/N-ethyl adjacent to an activating group) is 1. The minimum atomic E-state index is -0.691. The van der Waals surface area contributed by atoms with E-state index in [2.05, 4.69) is 17.2 Å². The maximum Gasteiger partial charge on any atom is 0.243 e. The number of nitrogens with one attached hydrogen (secondary N) is 2. The van der Waals surface area contributed by atoms with Crippen LogP contribution >= 0.6 is 0 Å². The van der Waals surface area contributed by atoms with Gasteiger partial charge in [-0.3, -0.25) is 10.1 Å². The monoisotopic (exact) mass is 144 g/mol. The van der Waals surface area contributed by atoms with E-state index in [0.717, 1.165) is 6.08 Å². The Balaban J connectivity index is 3.34. The van der Waals surface area contributed by atoms with Gasteiger partial charge in [-0.15, -0.1) is 0 Å². The van der Waals surface area contributed by atoms with E-state index in [1.54, 1.807) is 7.05 Å². The van der Waals surface area contributed by atoms with Gasteiger partial charge in [-0.25, -0.2) is 0 Å². The van der Waals surface area contributed by atoms with E-state index in [9.17, 15) is 4.79 Å². The molecule has 4 nitrogen and oxygen atoms in total. The second kappa shape index (κ2) is 4.96. The highest BCUT2D eigenvalue weighted by Crippen LogP contribution is 1.71. The molecule has 0 rings (SSSR count). The molecule has 0 saturated carbocycles. The van der Waals surface area contributed by atoms with Crippen molar-refractivity contribution < 1.29 is 9.90 Å². The first-order valence-electron chi connectivity index (χ1n) is 2.96. The zero-order valence-electron chi connectivity index (χ0n) is 5.92. The van der Waals surface area contributed by atoms with E-state index in [1.165, 1.54) is 0 Å². The summed E-state index contributed by atoms with van der Waals surface area (Å²) in [5, 5.41) is 13.8. The summed E-state index contributed by atoms with van der Waals surface area (Å²) in [4.78, 5) is 10.5. The molecule has 1 amide bonds. The molecule has 0 bridgehead atoms. The van der Waals surface area contributed by atoms with Crippen molar-refractivity contribution in [3.8, 4) is 0 Å². The summed E-state index contributed by atoms with van der Waals surface area (Å²) in [6.07, 6.45) is 0.464. The Bertz CT molecular complexity index is 125. The molecule has 0 aromatic carbocycles. The highest BCUT2D eigenvalue weighted by molar-refractivity contribution is 5.86. The molecule has 1 atom stereocenters. The van der Waals surface area contributed by atoms with Crippen LogP contribution in [0.15, 0.2) is 12.7 Å². The summed E-state index contributed by atoms with van der Waals surface area (Å²) in [5.41, 5.74) is 0. The quantitative estimate of drug-likeness (QED) is 0.344. The van der Waals surface area contributed by atoms with Gasteiger partial charge in [0.1, 0.15) is 6.23 Å². The van der Waals surface area contributed by atoms with Crippen LogP contribution in [0.3, 0.4) is 0 Å². The molecule has 58 valence electrons. The van der Waals surface area contributed by atoms with Gasteiger partial charge in [-0.2, -0.15) is 0 Å². The lowest BCUT2D eigenvalue weighted by Gasteiger charge is -2.08. The van der Waals surface area contributed by atoms with Crippen molar-refractivity contribution in [1.29, 1.82) is 0 Å². The number of aliphatic hydroxyl groups excluding tert-OH is 1. The van der Waals surface area contributed by atoms with Crippen LogP contribution in [0.5, 0.6) is 0 Å². The number of hydrogen-bond acceptors (Lipinski definition) is 3. The van der Waals surface area contributed by atoms with Gasteiger partial charge < -0.3 is 10.4 Å². The maximum atomic E-state index is 10.5. The molecular weight excluding hydrogens is 132 g/mol. The number of carbonyl (C=O) groups excluding carboxylic acids is 1. The van der Waals surface area contributed by atoms with Gasteiger partial charge in [-0.05, 0) is 13.1 Å². The summed E-state index contributed by atoms with van der Waals surface area (Å²) in [6.45, 7) is 3.45. The van der Waals surface area contributed by atoms with E-state index in [1.807, 2.05) is 0 Å². The average molecular weight is 144 g/mol. The van der Waals surface area contributed by atoms with Crippen molar-refractivity contribution in [1.82, 2.24) is 10.6 Å². The molecule has 10 heavy (non-hydrogen) atoms. The molecule has 0 aliphatic rings. The van der Waals surface area contributed by atoms with Gasteiger partial charge in [0, 0.05) is 0 Å². The summed E-state index contributed by atoms with van der Waals surface area (Å²) >= 11 is 0. The average Bonchev–Trinajstić information content (AvgIpc) is 1.99. The van der Waals surface area contributed by atoms with Gasteiger partial charge in [0.05, 0.1) is 6.54 Å². The van der Waals surface area contributed by atoms with Crippen LogP contribution in [0.2, 0.25) is 0 Å². The van der Waals surface area contributed by atoms with Crippen LogP contribution in [0.1, 0.15) is 0 Å². The molecular formula is C6H12N2O2. The predicted octanol–water partition coefficient (Wildman–Crippen LogP) is -1.17. The second-order valence-corrected chi connectivity index (χ2v) is 1.75. The van der Waals surface area contributed by atoms with Crippen molar-refractivity contribution in [3.63, 3.8) is 0 Å². The Hall–Kier alpha value is -0.870. The molecule has 0 heterocycles. The van der Waals surface area contributed by atoms with Gasteiger partial charge in [0.25, 0.3) is 0 Å². The van der Waals surface area contributed by atoms with Crippen LogP contribution in [0.4, 0.5) is 0 Å². The van der Waals surface area contributed by atoms with Crippen molar-refractivity contribution in [3.05, 3.63) is 12.7 Å². The molecule has 0 aromatic heterocycles. The van der Waals surface area contributed by atoms with Crippen LogP contribution in [0, 0.1) is 0 Å². The van der Waals surface area contributed by atoms with Crippen molar-refractivity contribution in [2.75, 3.05) is 13.6 Å². The van der Waals surface area contributed by atoms with Gasteiger partial charge in [0.2, 0.25) is 5.91 Å². The molecule has 0 saturated heterocycles. The van der Waals surface area contributed by atoms with E-state index in [4.69, 9.17) is 5.11 Å². The van der Waals surface area contributed by atoms with Crippen molar-refractivity contribution in [2.24, 2.45) is 0 Å². The van der Waals surface area contributed by atoms with Crippen LogP contribution < -0.4 is 10.6 Å². The SMILES string of the molecule is C=CC(=O)NCC(O)NC. The van der Waals surface area contributed by atoms with Crippen LogP contribution in [-0.4, -0.2) is 30.8 Å². The predicted molar refractivity (Wildman–Crippen MR) is 38.3 cm³/mol. The topological polar surface area (TPSA) is 61.4 Å². The fraction of sp³-hybridized carbons (Fsp3) is 0.500. The Morgan fingerprint density at radius 3 is 2.90 bits per heavy atom. The molecule has 0 aliphatic heterocycles. The first kappa shape index (κ1) is 9.13. The van der Waals surface area contributed by atoms with Crippen LogP contribution in [-0.2, 0) is 4.79 Å². The lowest BCUT2D eigenvalue weighted by atomic mass is 10.5. The van der Waals surface area contributed by atoms with E-state index in [-0.39, 0.29) is 12.5 Å². The molecule has 1 unspecified atom stereocenters. The lowest BCUT2D eigenvalue weighted by Crippen LogP contribution is -2.38. The zero-order valence-corrected chi connectivity index (χ0v) is 5.92. The smallest absolute Gasteiger partial charge is 0.243 e. The first-order valence-corrected chi connectivity index (χ1v) is 2.96. The lowest BCUT2D eigenvalue weighted by molar-refractivity contribution is -0.117. The largest absolute Gasteiger partial charge is 0.377 e. The first-order chi connectivity index (χ1) is 4.70. The number of hydrogen-bond donors (Lipinski definition) is 3. The van der Waals surface area contributed by atoms with Gasteiger partial charge >= 0.3 is 0 Å². The Kier molecular flexibility index (Phi) is 4.53. The summed E-state index contributed by atoms with van der Waals surface area (Å²) < 4.78 is 0. The zero-order chi connectivity index (χ0) is 7.98. The van der Waals surface area contributed by atoms with Crippen molar-refractivity contribution >= 4 is 5.91 Å². The Morgan fingerprint density at radius 2 is 2.50 bits per heavy atom. The summed E-state index contributed by atoms with van der Waals surface area (Å²) in [6, 6.07) is 0. The van der Waals surface area contributed by atoms with Gasteiger partial charge in [-0.1, -0.05) is 6.58 Å². The molecule has 3 N–H and O–H groups in total. The summed E-state index contributed by atoms with van der Waals surface area (Å²) in [7, 11) is 1.60. The second-order valence-electron chi connectivity index (χ2n) is 1.75. The third-order valence-electron chi connectivity index (χ3n) is 0.988. The number of amides is 1. The standard InChI is InChI=1S/C6H12N2O2/c1-3-5(9)8-4-6(10)7-2/h3,6-7,10H,1,4H2,2H3,(H,8,9). The Morgan fingerprint density at radius 1 is 1.90 bits per heavy atom. The van der Waals surface area contributed by atoms with E-state index >= 15 is 0 Å². The molecule has 0 fully saturated rings. The molecule has 0 radical (unpaired) electrons. The van der Waals surface area contributed by atoms with Gasteiger partial charge in [0.15, 0.2) is 0 Å². The minimum Gasteiger partial charge on any atom is -0.377 e. The molecule has 0 aromatic rings. The summed E-state index contributed by atoms with van der Waals surface area (Å²) in [5.74, 6) is -0.283. The number of carbonyl (C=O) groups is 1. The fourth-order valence-corrected chi connectivity index (χ4v) is 0.371. The highest BCUT2D eigenvalue weighted by Gasteiger charge is 1.99. The highest BCUT2D eigenvalue weighted by atomic mass is 16.3. The normalized spacial score (nSPS) is 12.2. The molecule has 0 aliphatic carbocycles. The number of aliphatic hydroxyl groups is 1. The number of rotatable bonds is 4. The fourth-order valence-electron chi connectivity index (χ4n) is 0.371. The van der Waals surface area contributed by atoms with E-state index in [0.29, 0.717) is 0 Å². The third-order valence-corrected chi connectivity index (χ3v) is 0.988. The minimum absolute atomic E-state index is 0.196.